The second-order valence-corrected chi connectivity index (χ2v) is 7.71. The largest absolute Gasteiger partial charge is 0.360 e. The molecule has 0 radical (unpaired) electrons. The molecule has 28 heavy (non-hydrogen) atoms. The van der Waals surface area contributed by atoms with Crippen molar-refractivity contribution in [1.82, 2.24) is 10.5 Å². The maximum absolute atomic E-state index is 13.9. The summed E-state index contributed by atoms with van der Waals surface area (Å²) in [5.74, 6) is -0.992. The van der Waals surface area contributed by atoms with Crippen LogP contribution in [0.4, 0.5) is 4.39 Å². The lowest BCUT2D eigenvalue weighted by molar-refractivity contribution is 0.0757. The number of amides is 1. The van der Waals surface area contributed by atoms with Crippen LogP contribution in [-0.2, 0) is 0 Å². The summed E-state index contributed by atoms with van der Waals surface area (Å²) in [4.78, 5) is 25.7. The van der Waals surface area contributed by atoms with E-state index >= 15 is 0 Å². The second-order valence-electron chi connectivity index (χ2n) is 7.71. The predicted octanol–water partition coefficient (Wildman–Crippen LogP) is 4.14. The number of hydrogen-bond acceptors (Lipinski definition) is 5. The summed E-state index contributed by atoms with van der Waals surface area (Å²) >= 11 is 0. The third-order valence-electron chi connectivity index (χ3n) is 5.01. The van der Waals surface area contributed by atoms with Crippen molar-refractivity contribution in [3.05, 3.63) is 52.2 Å². The number of aromatic nitrogens is 1. The number of nitrogens with one attached hydrogen (secondary N) is 1. The fraction of sp³-hybridized carbons (Fsp3) is 0.429. The molecule has 1 atom stereocenters. The topological polar surface area (TPSA) is 96.0 Å². The molecule has 1 heterocycles. The van der Waals surface area contributed by atoms with Crippen LogP contribution in [-0.4, -0.2) is 22.9 Å². The quantitative estimate of drug-likeness (QED) is 0.754. The van der Waals surface area contributed by atoms with Gasteiger partial charge in [-0.05, 0) is 32.0 Å². The van der Waals surface area contributed by atoms with Gasteiger partial charge in [-0.2, -0.15) is 5.26 Å². The molecule has 2 rings (SSSR count). The Labute approximate surface area is 163 Å². The van der Waals surface area contributed by atoms with Gasteiger partial charge in [-0.15, -0.1) is 0 Å². The molecule has 1 N–H and O–H groups in total. The SMILES string of the molecule is Cc1noc(C(C)C)c1C(=O)NC(C)C(C)(C)C(=O)c1ccc(C#N)c(F)c1. The summed E-state index contributed by atoms with van der Waals surface area (Å²) in [6.07, 6.45) is 0. The summed E-state index contributed by atoms with van der Waals surface area (Å²) in [6.45, 7) is 10.6. The fourth-order valence-electron chi connectivity index (χ4n) is 2.82. The van der Waals surface area contributed by atoms with E-state index in [4.69, 9.17) is 9.78 Å². The van der Waals surface area contributed by atoms with Gasteiger partial charge in [0.2, 0.25) is 0 Å². The van der Waals surface area contributed by atoms with Gasteiger partial charge < -0.3 is 9.84 Å². The number of Topliss-reactive ketones (excluding diaryl/α,β-unsaturated/α-hetero) is 1. The van der Waals surface area contributed by atoms with E-state index in [1.807, 2.05) is 13.8 Å². The molecule has 0 aliphatic heterocycles. The van der Waals surface area contributed by atoms with Crippen LogP contribution in [0.5, 0.6) is 0 Å². The highest BCUT2D eigenvalue weighted by molar-refractivity contribution is 6.02. The first-order chi connectivity index (χ1) is 13.0. The fourth-order valence-corrected chi connectivity index (χ4v) is 2.82. The monoisotopic (exact) mass is 385 g/mol. The molecule has 1 amide bonds. The highest BCUT2D eigenvalue weighted by Crippen LogP contribution is 2.28. The molecule has 0 bridgehead atoms. The minimum Gasteiger partial charge on any atom is -0.360 e. The molecule has 2 aromatic rings. The molecule has 1 aromatic carbocycles. The summed E-state index contributed by atoms with van der Waals surface area (Å²) in [5.41, 5.74) is -0.146. The number of aryl methyl sites for hydroxylation is 1. The summed E-state index contributed by atoms with van der Waals surface area (Å²) < 4.78 is 19.1. The van der Waals surface area contributed by atoms with Crippen molar-refractivity contribution in [3.8, 4) is 6.07 Å². The highest BCUT2D eigenvalue weighted by atomic mass is 19.1. The van der Waals surface area contributed by atoms with Crippen molar-refractivity contribution in [2.24, 2.45) is 5.41 Å². The van der Waals surface area contributed by atoms with Crippen molar-refractivity contribution in [1.29, 1.82) is 5.26 Å². The summed E-state index contributed by atoms with van der Waals surface area (Å²) in [6, 6.07) is 4.92. The Hall–Kier alpha value is -3.01. The van der Waals surface area contributed by atoms with Crippen molar-refractivity contribution >= 4 is 11.7 Å². The Morgan fingerprint density at radius 2 is 1.93 bits per heavy atom. The number of halogens is 1. The molecule has 0 saturated heterocycles. The van der Waals surface area contributed by atoms with Crippen LogP contribution >= 0.6 is 0 Å². The Bertz CT molecular complexity index is 954. The maximum atomic E-state index is 13.9. The molecule has 1 unspecified atom stereocenters. The number of benzene rings is 1. The number of rotatable bonds is 6. The second kappa shape index (κ2) is 7.93. The van der Waals surface area contributed by atoms with E-state index in [1.54, 1.807) is 33.8 Å². The van der Waals surface area contributed by atoms with E-state index in [2.05, 4.69) is 10.5 Å². The van der Waals surface area contributed by atoms with E-state index in [1.165, 1.54) is 12.1 Å². The minimum atomic E-state index is -1.01. The zero-order chi connectivity index (χ0) is 21.2. The molecule has 148 valence electrons. The molecule has 0 saturated carbocycles. The van der Waals surface area contributed by atoms with E-state index in [0.717, 1.165) is 6.07 Å². The van der Waals surface area contributed by atoms with Gasteiger partial charge in [0.25, 0.3) is 5.91 Å². The van der Waals surface area contributed by atoms with Gasteiger partial charge in [0.1, 0.15) is 17.4 Å². The minimum absolute atomic E-state index is 0.0199. The van der Waals surface area contributed by atoms with Crippen molar-refractivity contribution in [2.45, 2.75) is 53.5 Å². The first-order valence-electron chi connectivity index (χ1n) is 9.02. The van der Waals surface area contributed by atoms with Crippen LogP contribution in [0, 0.1) is 29.5 Å². The van der Waals surface area contributed by atoms with Crippen LogP contribution in [0.15, 0.2) is 22.7 Å². The van der Waals surface area contributed by atoms with Gasteiger partial charge in [-0.3, -0.25) is 9.59 Å². The van der Waals surface area contributed by atoms with Gasteiger partial charge in [-0.25, -0.2) is 4.39 Å². The van der Waals surface area contributed by atoms with Crippen LogP contribution in [0.3, 0.4) is 0 Å². The van der Waals surface area contributed by atoms with Gasteiger partial charge in [-0.1, -0.05) is 32.9 Å². The molecule has 6 nitrogen and oxygen atoms in total. The Balaban J connectivity index is 2.25. The highest BCUT2D eigenvalue weighted by Gasteiger charge is 2.37. The van der Waals surface area contributed by atoms with E-state index in [-0.39, 0.29) is 28.7 Å². The summed E-state index contributed by atoms with van der Waals surface area (Å²) in [5, 5.41) is 15.5. The average Bonchev–Trinajstić information content (AvgIpc) is 3.02. The maximum Gasteiger partial charge on any atom is 0.257 e. The molecule has 0 aliphatic rings. The van der Waals surface area contributed by atoms with Crippen molar-refractivity contribution in [3.63, 3.8) is 0 Å². The number of ketones is 1. The van der Waals surface area contributed by atoms with Gasteiger partial charge >= 0.3 is 0 Å². The van der Waals surface area contributed by atoms with Crippen LogP contribution < -0.4 is 5.32 Å². The van der Waals surface area contributed by atoms with E-state index < -0.39 is 17.3 Å². The molecule has 1 aromatic heterocycles. The Kier molecular flexibility index (Phi) is 6.03. The number of nitrogens with zero attached hydrogens (tertiary/aromatic N) is 2. The molecular formula is C21H24FN3O3. The third kappa shape index (κ3) is 3.96. The van der Waals surface area contributed by atoms with E-state index in [9.17, 15) is 14.0 Å². The lowest BCUT2D eigenvalue weighted by atomic mass is 9.78. The molecule has 0 spiro atoms. The molecule has 7 heteroatoms. The summed E-state index contributed by atoms with van der Waals surface area (Å²) in [7, 11) is 0. The Morgan fingerprint density at radius 3 is 2.46 bits per heavy atom. The number of nitriles is 1. The van der Waals surface area contributed by atoms with E-state index in [0.29, 0.717) is 17.0 Å². The molecular weight excluding hydrogens is 361 g/mol. The van der Waals surface area contributed by atoms with Crippen LogP contribution in [0.1, 0.15) is 78.3 Å². The third-order valence-corrected chi connectivity index (χ3v) is 5.01. The van der Waals surface area contributed by atoms with Gasteiger partial charge in [0, 0.05) is 22.9 Å². The predicted molar refractivity (Wildman–Crippen MR) is 101 cm³/mol. The normalized spacial score (nSPS) is 12.5. The number of carbonyl (C=O) groups is 2. The van der Waals surface area contributed by atoms with Crippen molar-refractivity contribution < 1.29 is 18.5 Å². The Morgan fingerprint density at radius 1 is 1.29 bits per heavy atom. The number of carbonyl (C=O) groups excluding carboxylic acids is 2. The zero-order valence-electron chi connectivity index (χ0n) is 16.9. The smallest absolute Gasteiger partial charge is 0.257 e. The lowest BCUT2D eigenvalue weighted by Gasteiger charge is -2.31. The van der Waals surface area contributed by atoms with Crippen molar-refractivity contribution in [2.75, 3.05) is 0 Å². The van der Waals surface area contributed by atoms with Gasteiger partial charge in [0.15, 0.2) is 11.5 Å². The standard InChI is InChI=1S/C21H24FN3O3/c1-11(2)18-17(12(3)25-28-18)20(27)24-13(4)21(5,6)19(26)14-7-8-15(10-23)16(22)9-14/h7-9,11,13H,1-6H3,(H,24,27). The van der Waals surface area contributed by atoms with Gasteiger partial charge in [0.05, 0.1) is 11.3 Å². The molecule has 0 fully saturated rings. The van der Waals surface area contributed by atoms with Crippen LogP contribution in [0.25, 0.3) is 0 Å². The zero-order valence-corrected chi connectivity index (χ0v) is 16.9. The first-order valence-corrected chi connectivity index (χ1v) is 9.02. The number of hydrogen-bond donors (Lipinski definition) is 1. The van der Waals surface area contributed by atoms with Crippen LogP contribution in [0.2, 0.25) is 0 Å². The molecule has 0 aliphatic carbocycles. The lowest BCUT2D eigenvalue weighted by Crippen LogP contribution is -2.47. The first kappa shape index (κ1) is 21.3. The average molecular weight is 385 g/mol.